The maximum atomic E-state index is 11.0. The summed E-state index contributed by atoms with van der Waals surface area (Å²) in [4.78, 5) is 20.9. The number of hydrogen-bond donors (Lipinski definition) is 0. The van der Waals surface area contributed by atoms with Crippen molar-refractivity contribution in [1.82, 2.24) is 14.9 Å². The number of ether oxygens (including phenoxy) is 1. The van der Waals surface area contributed by atoms with Crippen molar-refractivity contribution >= 4 is 12.0 Å². The molecule has 0 aliphatic heterocycles. The summed E-state index contributed by atoms with van der Waals surface area (Å²) in [6.45, 7) is 0. The van der Waals surface area contributed by atoms with E-state index < -0.39 is 5.97 Å². The molecule has 0 aromatic carbocycles. The Hall–Kier alpha value is -1.91. The molecule has 80 valence electrons. The third-order valence-corrected chi connectivity index (χ3v) is 1.61. The van der Waals surface area contributed by atoms with Crippen molar-refractivity contribution < 1.29 is 9.53 Å². The van der Waals surface area contributed by atoms with E-state index in [1.54, 1.807) is 6.08 Å². The first-order chi connectivity index (χ1) is 7.13. The van der Waals surface area contributed by atoms with E-state index in [0.29, 0.717) is 5.69 Å². The minimum absolute atomic E-state index is 0.208. The van der Waals surface area contributed by atoms with Crippen LogP contribution in [0.15, 0.2) is 18.6 Å². The Balaban J connectivity index is 2.77. The van der Waals surface area contributed by atoms with Gasteiger partial charge in [0.05, 0.1) is 25.2 Å². The number of esters is 1. The largest absolute Gasteiger partial charge is 0.464 e. The number of hydrogen-bond acceptors (Lipinski definition) is 5. The molecule has 0 saturated heterocycles. The third kappa shape index (κ3) is 3.38. The zero-order chi connectivity index (χ0) is 11.3. The van der Waals surface area contributed by atoms with Gasteiger partial charge >= 0.3 is 5.97 Å². The molecule has 0 N–H and O–H groups in total. The molecule has 0 amide bonds. The summed E-state index contributed by atoms with van der Waals surface area (Å²) < 4.78 is 4.51. The minimum atomic E-state index is -0.481. The molecular weight excluding hydrogens is 194 g/mol. The summed E-state index contributed by atoms with van der Waals surface area (Å²) in [5.41, 5.74) is 0.899. The smallest absolute Gasteiger partial charge is 0.358 e. The summed E-state index contributed by atoms with van der Waals surface area (Å²) in [5, 5.41) is 0. The molecule has 5 nitrogen and oxygen atoms in total. The van der Waals surface area contributed by atoms with E-state index in [1.807, 2.05) is 25.2 Å². The molecular formula is C10H13N3O2. The fourth-order valence-electron chi connectivity index (χ4n) is 0.860. The first kappa shape index (κ1) is 11.2. The molecule has 0 unspecified atom stereocenters. The topological polar surface area (TPSA) is 55.3 Å². The molecule has 0 spiro atoms. The van der Waals surface area contributed by atoms with E-state index in [-0.39, 0.29) is 5.69 Å². The van der Waals surface area contributed by atoms with Crippen LogP contribution in [0.3, 0.4) is 0 Å². The van der Waals surface area contributed by atoms with E-state index in [4.69, 9.17) is 0 Å². The Labute approximate surface area is 88.4 Å². The first-order valence-corrected chi connectivity index (χ1v) is 4.38. The average molecular weight is 207 g/mol. The van der Waals surface area contributed by atoms with Gasteiger partial charge in [-0.3, -0.25) is 4.98 Å². The number of nitrogens with zero attached hydrogens (tertiary/aromatic N) is 3. The van der Waals surface area contributed by atoms with Gasteiger partial charge in [0.25, 0.3) is 0 Å². The van der Waals surface area contributed by atoms with E-state index >= 15 is 0 Å². The van der Waals surface area contributed by atoms with Crippen LogP contribution in [0.4, 0.5) is 0 Å². The predicted molar refractivity (Wildman–Crippen MR) is 56.1 cm³/mol. The molecule has 0 atom stereocenters. The van der Waals surface area contributed by atoms with Crippen LogP contribution in [-0.2, 0) is 4.74 Å². The Kier molecular flexibility index (Phi) is 3.79. The van der Waals surface area contributed by atoms with E-state index in [9.17, 15) is 4.79 Å². The number of rotatable bonds is 3. The number of carbonyl (C=O) groups excluding carboxylic acids is 1. The maximum absolute atomic E-state index is 11.0. The van der Waals surface area contributed by atoms with Crippen molar-refractivity contribution in [3.05, 3.63) is 30.0 Å². The van der Waals surface area contributed by atoms with Crippen molar-refractivity contribution in [3.8, 4) is 0 Å². The fraction of sp³-hybridized carbons (Fsp3) is 0.300. The van der Waals surface area contributed by atoms with Crippen molar-refractivity contribution in [1.29, 1.82) is 0 Å². The van der Waals surface area contributed by atoms with Gasteiger partial charge in [0, 0.05) is 20.3 Å². The number of carbonyl (C=O) groups is 1. The van der Waals surface area contributed by atoms with Gasteiger partial charge in [-0.1, -0.05) is 0 Å². The quantitative estimate of drug-likeness (QED) is 0.686. The molecule has 1 heterocycles. The van der Waals surface area contributed by atoms with Crippen LogP contribution in [-0.4, -0.2) is 42.0 Å². The lowest BCUT2D eigenvalue weighted by Crippen LogP contribution is -2.05. The van der Waals surface area contributed by atoms with E-state index in [0.717, 1.165) is 0 Å². The van der Waals surface area contributed by atoms with Crippen LogP contribution in [0, 0.1) is 0 Å². The summed E-state index contributed by atoms with van der Waals surface area (Å²) >= 11 is 0. The average Bonchev–Trinajstić information content (AvgIpc) is 2.26. The molecule has 1 aromatic heterocycles. The summed E-state index contributed by atoms with van der Waals surface area (Å²) in [6, 6.07) is 0. The van der Waals surface area contributed by atoms with Crippen molar-refractivity contribution in [2.45, 2.75) is 0 Å². The molecule has 0 aliphatic carbocycles. The number of methoxy groups -OCH3 is 1. The Morgan fingerprint density at radius 1 is 1.40 bits per heavy atom. The van der Waals surface area contributed by atoms with Gasteiger partial charge < -0.3 is 9.64 Å². The number of aromatic nitrogens is 2. The fourth-order valence-corrected chi connectivity index (χ4v) is 0.860. The van der Waals surface area contributed by atoms with Crippen LogP contribution in [0.1, 0.15) is 16.2 Å². The van der Waals surface area contributed by atoms with Crippen LogP contribution in [0.2, 0.25) is 0 Å². The molecule has 1 rings (SSSR count). The highest BCUT2D eigenvalue weighted by molar-refractivity contribution is 5.86. The van der Waals surface area contributed by atoms with Gasteiger partial charge in [-0.25, -0.2) is 9.78 Å². The zero-order valence-corrected chi connectivity index (χ0v) is 8.97. The normalized spacial score (nSPS) is 10.3. The minimum Gasteiger partial charge on any atom is -0.464 e. The lowest BCUT2D eigenvalue weighted by Gasteiger charge is -2.02. The van der Waals surface area contributed by atoms with E-state index in [2.05, 4.69) is 14.7 Å². The molecule has 5 heteroatoms. The highest BCUT2D eigenvalue weighted by atomic mass is 16.5. The monoisotopic (exact) mass is 207 g/mol. The van der Waals surface area contributed by atoms with Crippen LogP contribution >= 0.6 is 0 Å². The molecule has 0 aliphatic rings. The van der Waals surface area contributed by atoms with Gasteiger partial charge in [-0.2, -0.15) is 0 Å². The summed E-state index contributed by atoms with van der Waals surface area (Å²) in [5.74, 6) is -0.481. The van der Waals surface area contributed by atoms with Crippen molar-refractivity contribution in [2.75, 3.05) is 21.2 Å². The second kappa shape index (κ2) is 5.09. The Bertz CT molecular complexity index is 357. The predicted octanol–water partition coefficient (Wildman–Crippen LogP) is 0.795. The summed E-state index contributed by atoms with van der Waals surface area (Å²) in [6.07, 6.45) is 6.56. The molecule has 1 aromatic rings. The van der Waals surface area contributed by atoms with Crippen LogP contribution < -0.4 is 0 Å². The second-order valence-electron chi connectivity index (χ2n) is 3.10. The second-order valence-corrected chi connectivity index (χ2v) is 3.10. The molecule has 0 saturated carbocycles. The molecule has 0 bridgehead atoms. The van der Waals surface area contributed by atoms with Gasteiger partial charge in [0.15, 0.2) is 5.69 Å². The Morgan fingerprint density at radius 3 is 2.60 bits per heavy atom. The standard InChI is InChI=1S/C10H13N3O2/c1-13(2)5-4-8-6-12-9(7-11-8)10(14)15-3/h4-7H,1-3H3/b5-4+. The maximum Gasteiger partial charge on any atom is 0.358 e. The zero-order valence-electron chi connectivity index (χ0n) is 8.97. The van der Waals surface area contributed by atoms with Gasteiger partial charge in [-0.05, 0) is 6.08 Å². The van der Waals surface area contributed by atoms with Gasteiger partial charge in [-0.15, -0.1) is 0 Å². The Morgan fingerprint density at radius 2 is 2.13 bits per heavy atom. The van der Waals surface area contributed by atoms with Gasteiger partial charge in [0.2, 0.25) is 0 Å². The molecule has 15 heavy (non-hydrogen) atoms. The highest BCUT2D eigenvalue weighted by Gasteiger charge is 2.05. The third-order valence-electron chi connectivity index (χ3n) is 1.61. The first-order valence-electron chi connectivity index (χ1n) is 4.38. The van der Waals surface area contributed by atoms with E-state index in [1.165, 1.54) is 19.5 Å². The van der Waals surface area contributed by atoms with Crippen LogP contribution in [0.5, 0.6) is 0 Å². The lowest BCUT2D eigenvalue weighted by atomic mass is 10.4. The molecule has 0 radical (unpaired) electrons. The molecule has 0 fully saturated rings. The lowest BCUT2D eigenvalue weighted by molar-refractivity contribution is 0.0593. The van der Waals surface area contributed by atoms with Crippen molar-refractivity contribution in [2.24, 2.45) is 0 Å². The SMILES string of the molecule is COC(=O)c1cnc(/C=C/N(C)C)cn1. The van der Waals surface area contributed by atoms with Crippen molar-refractivity contribution in [3.63, 3.8) is 0 Å². The van der Waals surface area contributed by atoms with Crippen LogP contribution in [0.25, 0.3) is 6.08 Å². The highest BCUT2D eigenvalue weighted by Crippen LogP contribution is 1.99. The summed E-state index contributed by atoms with van der Waals surface area (Å²) in [7, 11) is 5.13. The van der Waals surface area contributed by atoms with Gasteiger partial charge in [0.1, 0.15) is 0 Å².